The van der Waals surface area contributed by atoms with Crippen LogP contribution in [0.15, 0.2) is 0 Å². The van der Waals surface area contributed by atoms with Gasteiger partial charge in [-0.25, -0.2) is 0 Å². The molecule has 3 heterocycles. The lowest BCUT2D eigenvalue weighted by atomic mass is 9.77. The fraction of sp³-hybridized carbons (Fsp3) is 1.00. The molecule has 3 fully saturated rings. The summed E-state index contributed by atoms with van der Waals surface area (Å²) in [5, 5.41) is 3.69. The van der Waals surface area contributed by atoms with Gasteiger partial charge in [0.15, 0.2) is 0 Å². The van der Waals surface area contributed by atoms with Gasteiger partial charge in [0.2, 0.25) is 0 Å². The lowest BCUT2D eigenvalue weighted by Gasteiger charge is -2.50. The maximum Gasteiger partial charge on any atom is 0.107 e. The molecule has 2 unspecified atom stereocenters. The second-order valence-electron chi connectivity index (χ2n) is 5.45. The van der Waals surface area contributed by atoms with Gasteiger partial charge in [-0.15, -0.1) is 0 Å². The smallest absolute Gasteiger partial charge is 0.107 e. The highest BCUT2D eigenvalue weighted by Crippen LogP contribution is 2.36. The fourth-order valence-electron chi connectivity index (χ4n) is 3.54. The molecule has 3 aliphatic heterocycles. The topological polar surface area (TPSA) is 39.7 Å². The average molecular weight is 241 g/mol. The minimum absolute atomic E-state index is 0.0570. The molecular weight excluding hydrogens is 218 g/mol. The second kappa shape index (κ2) is 5.22. The van der Waals surface area contributed by atoms with Crippen molar-refractivity contribution in [3.8, 4) is 0 Å². The summed E-state index contributed by atoms with van der Waals surface area (Å²) in [6.45, 7) is 5.26. The summed E-state index contributed by atoms with van der Waals surface area (Å²) >= 11 is 0. The lowest BCUT2D eigenvalue weighted by molar-refractivity contribution is -0.177. The Kier molecular flexibility index (Phi) is 3.66. The Labute approximate surface area is 103 Å². The molecule has 3 saturated heterocycles. The molecule has 2 atom stereocenters. The van der Waals surface area contributed by atoms with E-state index in [0.29, 0.717) is 12.0 Å². The monoisotopic (exact) mass is 241 g/mol. The molecule has 0 aromatic rings. The van der Waals surface area contributed by atoms with Gasteiger partial charge >= 0.3 is 0 Å². The predicted molar refractivity (Wildman–Crippen MR) is 64.1 cm³/mol. The van der Waals surface area contributed by atoms with Crippen molar-refractivity contribution in [2.24, 2.45) is 5.92 Å². The number of ether oxygens (including phenoxy) is 3. The molecule has 0 aromatic carbocycles. The number of nitrogens with one attached hydrogen (secondary N) is 1. The van der Waals surface area contributed by atoms with Crippen molar-refractivity contribution in [2.75, 3.05) is 39.6 Å². The molecule has 0 radical (unpaired) electrons. The highest BCUT2D eigenvalue weighted by Gasteiger charge is 2.47. The Morgan fingerprint density at radius 2 is 1.88 bits per heavy atom. The molecule has 4 nitrogen and oxygen atoms in total. The molecule has 1 N–H and O–H groups in total. The van der Waals surface area contributed by atoms with Crippen LogP contribution in [0, 0.1) is 5.92 Å². The van der Waals surface area contributed by atoms with E-state index >= 15 is 0 Å². The van der Waals surface area contributed by atoms with Gasteiger partial charge in [-0.1, -0.05) is 0 Å². The van der Waals surface area contributed by atoms with Gasteiger partial charge in [-0.2, -0.15) is 0 Å². The van der Waals surface area contributed by atoms with E-state index in [1.54, 1.807) is 0 Å². The van der Waals surface area contributed by atoms with Crippen molar-refractivity contribution in [3.05, 3.63) is 0 Å². The highest BCUT2D eigenvalue weighted by atomic mass is 16.5. The molecule has 3 aliphatic rings. The van der Waals surface area contributed by atoms with Crippen LogP contribution in [0.2, 0.25) is 0 Å². The van der Waals surface area contributed by atoms with Crippen LogP contribution in [0.3, 0.4) is 0 Å². The molecular formula is C13H23NO3. The van der Waals surface area contributed by atoms with E-state index < -0.39 is 0 Å². The third-order valence-electron chi connectivity index (χ3n) is 4.40. The van der Waals surface area contributed by atoms with Crippen molar-refractivity contribution in [3.63, 3.8) is 0 Å². The third kappa shape index (κ3) is 2.36. The Balaban J connectivity index is 1.73. The maximum atomic E-state index is 6.14. The first-order valence-corrected chi connectivity index (χ1v) is 6.94. The Hall–Kier alpha value is -0.160. The van der Waals surface area contributed by atoms with Crippen molar-refractivity contribution >= 4 is 0 Å². The zero-order valence-electron chi connectivity index (χ0n) is 10.5. The Bertz CT molecular complexity index is 239. The van der Waals surface area contributed by atoms with Crippen LogP contribution in [-0.4, -0.2) is 51.2 Å². The van der Waals surface area contributed by atoms with E-state index in [1.807, 2.05) is 0 Å². The maximum absolute atomic E-state index is 6.14. The van der Waals surface area contributed by atoms with Crippen molar-refractivity contribution in [1.82, 2.24) is 5.32 Å². The van der Waals surface area contributed by atoms with Gasteiger partial charge in [-0.05, 0) is 31.6 Å². The Morgan fingerprint density at radius 3 is 2.65 bits per heavy atom. The summed E-state index contributed by atoms with van der Waals surface area (Å²) in [7, 11) is 0. The SMILES string of the molecule is C1COCC2(C1)OCCNC2C1CCOCC1. The van der Waals surface area contributed by atoms with Crippen LogP contribution in [-0.2, 0) is 14.2 Å². The van der Waals surface area contributed by atoms with E-state index in [1.165, 1.54) is 0 Å². The average Bonchev–Trinajstić information content (AvgIpc) is 2.41. The summed E-state index contributed by atoms with van der Waals surface area (Å²) < 4.78 is 17.3. The number of hydrogen-bond acceptors (Lipinski definition) is 4. The van der Waals surface area contributed by atoms with Crippen molar-refractivity contribution < 1.29 is 14.2 Å². The minimum atomic E-state index is -0.0570. The van der Waals surface area contributed by atoms with E-state index in [2.05, 4.69) is 5.32 Å². The van der Waals surface area contributed by atoms with E-state index in [0.717, 1.165) is 65.3 Å². The molecule has 4 heteroatoms. The third-order valence-corrected chi connectivity index (χ3v) is 4.40. The second-order valence-corrected chi connectivity index (χ2v) is 5.45. The van der Waals surface area contributed by atoms with Crippen molar-refractivity contribution in [1.29, 1.82) is 0 Å². The lowest BCUT2D eigenvalue weighted by Crippen LogP contribution is -2.64. The molecule has 0 aliphatic carbocycles. The van der Waals surface area contributed by atoms with Crippen LogP contribution in [0.1, 0.15) is 25.7 Å². The van der Waals surface area contributed by atoms with Gasteiger partial charge in [-0.3, -0.25) is 0 Å². The first-order valence-electron chi connectivity index (χ1n) is 6.94. The number of morpholine rings is 1. The number of rotatable bonds is 1. The molecule has 0 amide bonds. The molecule has 3 rings (SSSR count). The first kappa shape index (κ1) is 11.9. The normalized spacial score (nSPS) is 40.6. The zero-order chi connectivity index (χ0) is 11.6. The van der Waals surface area contributed by atoms with E-state index in [4.69, 9.17) is 14.2 Å². The number of hydrogen-bond donors (Lipinski definition) is 1. The van der Waals surface area contributed by atoms with Gasteiger partial charge in [0.05, 0.1) is 13.2 Å². The first-order chi connectivity index (χ1) is 8.41. The van der Waals surface area contributed by atoms with E-state index in [9.17, 15) is 0 Å². The summed E-state index contributed by atoms with van der Waals surface area (Å²) in [6.07, 6.45) is 4.58. The molecule has 17 heavy (non-hydrogen) atoms. The van der Waals surface area contributed by atoms with E-state index in [-0.39, 0.29) is 5.60 Å². The molecule has 1 spiro atoms. The molecule has 0 bridgehead atoms. The van der Waals surface area contributed by atoms with Crippen LogP contribution in [0.5, 0.6) is 0 Å². The molecule has 0 saturated carbocycles. The molecule has 0 aromatic heterocycles. The summed E-state index contributed by atoms with van der Waals surface area (Å²) in [4.78, 5) is 0. The van der Waals surface area contributed by atoms with Crippen LogP contribution < -0.4 is 5.32 Å². The van der Waals surface area contributed by atoms with Crippen LogP contribution >= 0.6 is 0 Å². The summed E-state index contributed by atoms with van der Waals surface area (Å²) in [5.74, 6) is 0.686. The molecule has 98 valence electrons. The standard InChI is InChI=1S/C13H23NO3/c1-4-13(10-16-6-1)12(14-5-9-17-13)11-2-7-15-8-3-11/h11-12,14H,1-10H2. The van der Waals surface area contributed by atoms with Crippen LogP contribution in [0.25, 0.3) is 0 Å². The predicted octanol–water partition coefficient (Wildman–Crippen LogP) is 0.951. The minimum Gasteiger partial charge on any atom is -0.381 e. The van der Waals surface area contributed by atoms with Gasteiger partial charge in [0.1, 0.15) is 5.60 Å². The Morgan fingerprint density at radius 1 is 1.00 bits per heavy atom. The zero-order valence-corrected chi connectivity index (χ0v) is 10.5. The fourth-order valence-corrected chi connectivity index (χ4v) is 3.54. The summed E-state index contributed by atoms with van der Waals surface area (Å²) in [6, 6.07) is 0.459. The van der Waals surface area contributed by atoms with Gasteiger partial charge in [0, 0.05) is 32.4 Å². The quantitative estimate of drug-likeness (QED) is 0.742. The largest absolute Gasteiger partial charge is 0.381 e. The van der Waals surface area contributed by atoms with Gasteiger partial charge < -0.3 is 19.5 Å². The summed E-state index contributed by atoms with van der Waals surface area (Å²) in [5.41, 5.74) is -0.0570. The van der Waals surface area contributed by atoms with Crippen LogP contribution in [0.4, 0.5) is 0 Å². The van der Waals surface area contributed by atoms with Gasteiger partial charge in [0.25, 0.3) is 0 Å². The highest BCUT2D eigenvalue weighted by molar-refractivity contribution is 5.01. The van der Waals surface area contributed by atoms with Crippen molar-refractivity contribution in [2.45, 2.75) is 37.3 Å².